The van der Waals surface area contributed by atoms with Crippen LogP contribution < -0.4 is 0 Å². The summed E-state index contributed by atoms with van der Waals surface area (Å²) in [5.74, 6) is -0.0644. The van der Waals surface area contributed by atoms with Gasteiger partial charge in [0.15, 0.2) is 0 Å². The maximum atomic E-state index is 10.9. The summed E-state index contributed by atoms with van der Waals surface area (Å²) < 4.78 is 2.19. The van der Waals surface area contributed by atoms with Gasteiger partial charge < -0.3 is 9.67 Å². The summed E-state index contributed by atoms with van der Waals surface area (Å²) in [5.41, 5.74) is 2.05. The van der Waals surface area contributed by atoms with Gasteiger partial charge in [-0.1, -0.05) is 32.0 Å². The van der Waals surface area contributed by atoms with E-state index in [1.54, 1.807) is 0 Å². The van der Waals surface area contributed by atoms with Gasteiger partial charge in [0.1, 0.15) is 0 Å². The molecule has 2 aromatic rings. The highest BCUT2D eigenvalue weighted by Gasteiger charge is 2.10. The van der Waals surface area contributed by atoms with E-state index in [0.29, 0.717) is 5.92 Å². The van der Waals surface area contributed by atoms with E-state index in [-0.39, 0.29) is 6.42 Å². The predicted octanol–water partition coefficient (Wildman–Crippen LogP) is 3.70. The van der Waals surface area contributed by atoms with Crippen molar-refractivity contribution in [1.82, 2.24) is 4.57 Å². The van der Waals surface area contributed by atoms with E-state index in [1.165, 1.54) is 6.42 Å². The molecule has 3 heteroatoms. The van der Waals surface area contributed by atoms with Crippen LogP contribution in [0.1, 0.15) is 32.3 Å². The van der Waals surface area contributed by atoms with E-state index in [9.17, 15) is 4.79 Å². The Labute approximate surface area is 113 Å². The average Bonchev–Trinajstić information content (AvgIpc) is 2.67. The summed E-state index contributed by atoms with van der Waals surface area (Å²) in [6.45, 7) is 5.41. The number of para-hydroxylation sites is 1. The van der Waals surface area contributed by atoms with Crippen LogP contribution in [0.3, 0.4) is 0 Å². The second kappa shape index (κ2) is 5.91. The molecule has 0 saturated heterocycles. The van der Waals surface area contributed by atoms with Gasteiger partial charge in [0, 0.05) is 23.6 Å². The molecule has 1 N–H and O–H groups in total. The Balaban J connectivity index is 2.25. The predicted molar refractivity (Wildman–Crippen MR) is 77.3 cm³/mol. The molecular formula is C16H21NO2. The minimum Gasteiger partial charge on any atom is -0.481 e. The molecule has 3 nitrogen and oxygen atoms in total. The van der Waals surface area contributed by atoms with Crippen LogP contribution >= 0.6 is 0 Å². The Bertz CT molecular complexity index is 569. The highest BCUT2D eigenvalue weighted by atomic mass is 16.4. The zero-order valence-electron chi connectivity index (χ0n) is 11.6. The number of nitrogens with zero attached hydrogens (tertiary/aromatic N) is 1. The molecule has 1 aromatic carbocycles. The number of hydrogen-bond acceptors (Lipinski definition) is 1. The van der Waals surface area contributed by atoms with Crippen molar-refractivity contribution in [2.45, 2.75) is 39.7 Å². The van der Waals surface area contributed by atoms with Crippen molar-refractivity contribution >= 4 is 16.9 Å². The van der Waals surface area contributed by atoms with Crippen LogP contribution in [0.25, 0.3) is 10.9 Å². The molecule has 1 aromatic heterocycles. The first-order valence-electron chi connectivity index (χ1n) is 6.86. The minimum absolute atomic E-state index is 0.0949. The average molecular weight is 259 g/mol. The number of rotatable bonds is 6. The highest BCUT2D eigenvalue weighted by molar-refractivity contribution is 5.87. The smallest absolute Gasteiger partial charge is 0.307 e. The summed E-state index contributed by atoms with van der Waals surface area (Å²) in [4.78, 5) is 10.9. The number of fused-ring (bicyclic) bond motifs is 1. The molecule has 0 aliphatic carbocycles. The standard InChI is InChI=1S/C16H21NO2/c1-12(2)6-5-9-17-11-13(10-16(18)19)14-7-3-4-8-15(14)17/h3-4,7-8,11-12H,5-6,9-10H2,1-2H3,(H,18,19). The Kier molecular flexibility index (Phi) is 4.25. The zero-order chi connectivity index (χ0) is 13.8. The molecule has 0 bridgehead atoms. The van der Waals surface area contributed by atoms with Crippen LogP contribution in [0.15, 0.2) is 30.5 Å². The summed E-state index contributed by atoms with van der Waals surface area (Å²) in [6.07, 6.45) is 4.42. The molecule has 0 aliphatic heterocycles. The summed E-state index contributed by atoms with van der Waals surface area (Å²) in [5, 5.41) is 10.0. The Morgan fingerprint density at radius 2 is 2.05 bits per heavy atom. The van der Waals surface area contributed by atoms with Crippen molar-refractivity contribution in [3.63, 3.8) is 0 Å². The third-order valence-corrected chi connectivity index (χ3v) is 3.39. The number of carboxylic acids is 1. The van der Waals surface area contributed by atoms with Crippen LogP contribution in [0.5, 0.6) is 0 Å². The van der Waals surface area contributed by atoms with Crippen molar-refractivity contribution < 1.29 is 9.90 Å². The maximum absolute atomic E-state index is 10.9. The van der Waals surface area contributed by atoms with Crippen molar-refractivity contribution in [3.05, 3.63) is 36.0 Å². The highest BCUT2D eigenvalue weighted by Crippen LogP contribution is 2.22. The molecule has 0 fully saturated rings. The molecule has 0 amide bonds. The van der Waals surface area contributed by atoms with Crippen LogP contribution in [-0.4, -0.2) is 15.6 Å². The van der Waals surface area contributed by atoms with Crippen LogP contribution in [0.2, 0.25) is 0 Å². The third-order valence-electron chi connectivity index (χ3n) is 3.39. The van der Waals surface area contributed by atoms with E-state index in [1.807, 2.05) is 24.4 Å². The first-order valence-corrected chi connectivity index (χ1v) is 6.86. The Morgan fingerprint density at radius 1 is 1.32 bits per heavy atom. The SMILES string of the molecule is CC(C)CCCn1cc(CC(=O)O)c2ccccc21. The molecule has 19 heavy (non-hydrogen) atoms. The van der Waals surface area contributed by atoms with E-state index in [2.05, 4.69) is 24.5 Å². The monoisotopic (exact) mass is 259 g/mol. The minimum atomic E-state index is -0.773. The van der Waals surface area contributed by atoms with Crippen molar-refractivity contribution in [2.75, 3.05) is 0 Å². The van der Waals surface area contributed by atoms with Gasteiger partial charge in [-0.25, -0.2) is 0 Å². The molecule has 2 rings (SSSR count). The molecule has 0 aliphatic rings. The van der Waals surface area contributed by atoms with Gasteiger partial charge in [-0.3, -0.25) is 4.79 Å². The number of aromatic nitrogens is 1. The van der Waals surface area contributed by atoms with E-state index >= 15 is 0 Å². The molecule has 0 radical (unpaired) electrons. The summed E-state index contributed by atoms with van der Waals surface area (Å²) in [6, 6.07) is 8.04. The molecule has 1 heterocycles. The number of benzene rings is 1. The number of hydrogen-bond donors (Lipinski definition) is 1. The zero-order valence-corrected chi connectivity index (χ0v) is 11.6. The van der Waals surface area contributed by atoms with Gasteiger partial charge in [-0.2, -0.15) is 0 Å². The summed E-state index contributed by atoms with van der Waals surface area (Å²) in [7, 11) is 0. The lowest BCUT2D eigenvalue weighted by Gasteiger charge is -2.07. The maximum Gasteiger partial charge on any atom is 0.307 e. The fourth-order valence-corrected chi connectivity index (χ4v) is 2.48. The van der Waals surface area contributed by atoms with E-state index in [4.69, 9.17) is 5.11 Å². The second-order valence-electron chi connectivity index (χ2n) is 5.47. The fourth-order valence-electron chi connectivity index (χ4n) is 2.48. The molecule has 0 atom stereocenters. The number of carboxylic acid groups (broad SMARTS) is 1. The lowest BCUT2D eigenvalue weighted by molar-refractivity contribution is -0.136. The summed E-state index contributed by atoms with van der Waals surface area (Å²) >= 11 is 0. The second-order valence-corrected chi connectivity index (χ2v) is 5.47. The third kappa shape index (κ3) is 3.37. The Morgan fingerprint density at radius 3 is 2.74 bits per heavy atom. The number of aryl methyl sites for hydroxylation is 1. The van der Waals surface area contributed by atoms with Gasteiger partial charge in [0.25, 0.3) is 0 Å². The van der Waals surface area contributed by atoms with Crippen LogP contribution in [0.4, 0.5) is 0 Å². The van der Waals surface area contributed by atoms with Crippen molar-refractivity contribution in [2.24, 2.45) is 5.92 Å². The van der Waals surface area contributed by atoms with Gasteiger partial charge in [0.2, 0.25) is 0 Å². The van der Waals surface area contributed by atoms with Crippen molar-refractivity contribution in [1.29, 1.82) is 0 Å². The van der Waals surface area contributed by atoms with Gasteiger partial charge in [0.05, 0.1) is 6.42 Å². The van der Waals surface area contributed by atoms with E-state index in [0.717, 1.165) is 29.4 Å². The number of aliphatic carboxylic acids is 1. The topological polar surface area (TPSA) is 42.2 Å². The normalized spacial score (nSPS) is 11.3. The first-order chi connectivity index (χ1) is 9.08. The molecule has 0 unspecified atom stereocenters. The fraction of sp³-hybridized carbons (Fsp3) is 0.438. The number of carbonyl (C=O) groups is 1. The lowest BCUT2D eigenvalue weighted by Crippen LogP contribution is -2.00. The van der Waals surface area contributed by atoms with Gasteiger partial charge in [-0.15, -0.1) is 0 Å². The molecular weight excluding hydrogens is 238 g/mol. The molecule has 0 spiro atoms. The first kappa shape index (κ1) is 13.7. The van der Waals surface area contributed by atoms with Crippen molar-refractivity contribution in [3.8, 4) is 0 Å². The van der Waals surface area contributed by atoms with Crippen LogP contribution in [-0.2, 0) is 17.8 Å². The van der Waals surface area contributed by atoms with Crippen LogP contribution in [0, 0.1) is 5.92 Å². The molecule has 102 valence electrons. The lowest BCUT2D eigenvalue weighted by atomic mass is 10.1. The Hall–Kier alpha value is -1.77. The van der Waals surface area contributed by atoms with Gasteiger partial charge in [-0.05, 0) is 30.4 Å². The largest absolute Gasteiger partial charge is 0.481 e. The molecule has 0 saturated carbocycles. The quantitative estimate of drug-likeness (QED) is 0.859. The van der Waals surface area contributed by atoms with E-state index < -0.39 is 5.97 Å². The van der Waals surface area contributed by atoms with Gasteiger partial charge >= 0.3 is 5.97 Å².